The maximum absolute atomic E-state index is 5.94. The van der Waals surface area contributed by atoms with E-state index in [-0.39, 0.29) is 0 Å². The third-order valence-electron chi connectivity index (χ3n) is 3.22. The van der Waals surface area contributed by atoms with Gasteiger partial charge in [0.1, 0.15) is 11.5 Å². The van der Waals surface area contributed by atoms with Crippen molar-refractivity contribution in [3.8, 4) is 11.5 Å². The van der Waals surface area contributed by atoms with Crippen molar-refractivity contribution < 1.29 is 9.47 Å². The van der Waals surface area contributed by atoms with Gasteiger partial charge < -0.3 is 14.8 Å². The molecule has 1 N–H and O–H groups in total. The fourth-order valence-electron chi connectivity index (χ4n) is 2.06. The van der Waals surface area contributed by atoms with Gasteiger partial charge in [-0.25, -0.2) is 0 Å². The van der Waals surface area contributed by atoms with Crippen LogP contribution in [0.4, 0.5) is 0 Å². The van der Waals surface area contributed by atoms with Gasteiger partial charge >= 0.3 is 0 Å². The second kappa shape index (κ2) is 9.38. The summed E-state index contributed by atoms with van der Waals surface area (Å²) in [4.78, 5) is 2.21. The van der Waals surface area contributed by atoms with Crippen LogP contribution in [0.25, 0.3) is 0 Å². The number of methoxy groups -OCH3 is 1. The van der Waals surface area contributed by atoms with Crippen LogP contribution in [-0.4, -0.2) is 27.3 Å². The summed E-state index contributed by atoms with van der Waals surface area (Å²) in [5.41, 5.74) is 0. The van der Waals surface area contributed by atoms with Crippen LogP contribution >= 0.6 is 11.8 Å². The van der Waals surface area contributed by atoms with Gasteiger partial charge in [0.2, 0.25) is 0 Å². The second-order valence-corrected chi connectivity index (χ2v) is 5.94. The van der Waals surface area contributed by atoms with Gasteiger partial charge in [-0.15, -0.1) is 0 Å². The molecule has 0 aliphatic rings. The third kappa shape index (κ3) is 4.97. The Morgan fingerprint density at radius 2 is 1.55 bits per heavy atom. The van der Waals surface area contributed by atoms with E-state index in [9.17, 15) is 0 Å². The Balaban J connectivity index is 2.01. The largest absolute Gasteiger partial charge is 0.496 e. The molecule has 0 radical (unpaired) electrons. The zero-order chi connectivity index (χ0) is 15.6. The SMILES string of the molecule is CNCCCCOc1ccccc1Sc1ccccc1OC. The molecule has 0 saturated heterocycles. The van der Waals surface area contributed by atoms with Crippen LogP contribution in [0.1, 0.15) is 12.8 Å². The molecule has 3 nitrogen and oxygen atoms in total. The fraction of sp³-hybridized carbons (Fsp3) is 0.333. The highest BCUT2D eigenvalue weighted by Gasteiger charge is 2.08. The number of ether oxygens (including phenoxy) is 2. The van der Waals surface area contributed by atoms with Crippen molar-refractivity contribution in [2.75, 3.05) is 27.3 Å². The summed E-state index contributed by atoms with van der Waals surface area (Å²) in [5, 5.41) is 3.15. The summed E-state index contributed by atoms with van der Waals surface area (Å²) >= 11 is 1.67. The van der Waals surface area contributed by atoms with Crippen LogP contribution in [0, 0.1) is 0 Å². The summed E-state index contributed by atoms with van der Waals surface area (Å²) in [7, 11) is 3.67. The zero-order valence-electron chi connectivity index (χ0n) is 13.2. The van der Waals surface area contributed by atoms with Crippen molar-refractivity contribution in [1.29, 1.82) is 0 Å². The predicted molar refractivity (Wildman–Crippen MR) is 92.2 cm³/mol. The van der Waals surface area contributed by atoms with Crippen LogP contribution in [0.15, 0.2) is 58.3 Å². The lowest BCUT2D eigenvalue weighted by molar-refractivity contribution is 0.300. The highest BCUT2D eigenvalue weighted by atomic mass is 32.2. The minimum atomic E-state index is 0.741. The second-order valence-electron chi connectivity index (χ2n) is 4.86. The van der Waals surface area contributed by atoms with Crippen molar-refractivity contribution in [3.05, 3.63) is 48.5 Å². The fourth-order valence-corrected chi connectivity index (χ4v) is 3.07. The van der Waals surface area contributed by atoms with E-state index in [1.807, 2.05) is 43.4 Å². The molecule has 0 aliphatic carbocycles. The summed E-state index contributed by atoms with van der Waals surface area (Å²) < 4.78 is 11.4. The van der Waals surface area contributed by atoms with Crippen molar-refractivity contribution in [3.63, 3.8) is 0 Å². The normalized spacial score (nSPS) is 10.5. The van der Waals surface area contributed by atoms with E-state index >= 15 is 0 Å². The average molecular weight is 317 g/mol. The average Bonchev–Trinajstić information content (AvgIpc) is 2.56. The summed E-state index contributed by atoms with van der Waals surface area (Å²) in [5.74, 6) is 1.82. The topological polar surface area (TPSA) is 30.5 Å². The molecular weight excluding hydrogens is 294 g/mol. The molecule has 0 bridgehead atoms. The molecule has 0 amide bonds. The van der Waals surface area contributed by atoms with Crippen LogP contribution in [0.5, 0.6) is 11.5 Å². The first-order chi connectivity index (χ1) is 10.8. The van der Waals surface area contributed by atoms with Gasteiger partial charge in [-0.2, -0.15) is 0 Å². The van der Waals surface area contributed by atoms with Crippen molar-refractivity contribution in [2.24, 2.45) is 0 Å². The van der Waals surface area contributed by atoms with E-state index < -0.39 is 0 Å². The molecule has 118 valence electrons. The minimum absolute atomic E-state index is 0.741. The van der Waals surface area contributed by atoms with Crippen molar-refractivity contribution >= 4 is 11.8 Å². The Morgan fingerprint density at radius 3 is 2.23 bits per heavy atom. The molecule has 0 heterocycles. The van der Waals surface area contributed by atoms with Crippen molar-refractivity contribution in [2.45, 2.75) is 22.6 Å². The number of para-hydroxylation sites is 2. The molecule has 2 aromatic carbocycles. The number of hydrogen-bond acceptors (Lipinski definition) is 4. The van der Waals surface area contributed by atoms with Crippen LogP contribution < -0.4 is 14.8 Å². The molecule has 2 aromatic rings. The van der Waals surface area contributed by atoms with Crippen LogP contribution in [0.2, 0.25) is 0 Å². The maximum Gasteiger partial charge on any atom is 0.133 e. The number of nitrogens with one attached hydrogen (secondary N) is 1. The molecule has 0 fully saturated rings. The number of rotatable bonds is 9. The van der Waals surface area contributed by atoms with Gasteiger partial charge in [0.25, 0.3) is 0 Å². The van der Waals surface area contributed by atoms with E-state index in [1.165, 1.54) is 0 Å². The zero-order valence-corrected chi connectivity index (χ0v) is 14.0. The predicted octanol–water partition coefficient (Wildman–Crippen LogP) is 4.22. The lowest BCUT2D eigenvalue weighted by Crippen LogP contribution is -2.09. The summed E-state index contributed by atoms with van der Waals surface area (Å²) in [6.45, 7) is 1.77. The van der Waals surface area contributed by atoms with Crippen LogP contribution in [-0.2, 0) is 0 Å². The van der Waals surface area contributed by atoms with E-state index in [2.05, 4.69) is 17.4 Å². The number of benzene rings is 2. The van der Waals surface area contributed by atoms with Gasteiger partial charge in [0.05, 0.1) is 23.5 Å². The van der Waals surface area contributed by atoms with E-state index in [0.29, 0.717) is 0 Å². The highest BCUT2D eigenvalue weighted by molar-refractivity contribution is 7.99. The first-order valence-electron chi connectivity index (χ1n) is 7.52. The lowest BCUT2D eigenvalue weighted by Gasteiger charge is -2.12. The molecule has 0 spiro atoms. The van der Waals surface area contributed by atoms with Gasteiger partial charge in [-0.1, -0.05) is 36.0 Å². The Bertz CT molecular complexity index is 575. The Labute approximate surface area is 137 Å². The quantitative estimate of drug-likeness (QED) is 0.701. The third-order valence-corrected chi connectivity index (χ3v) is 4.33. The first-order valence-corrected chi connectivity index (χ1v) is 8.34. The van der Waals surface area contributed by atoms with Crippen molar-refractivity contribution in [1.82, 2.24) is 5.32 Å². The van der Waals surface area contributed by atoms with Crippen LogP contribution in [0.3, 0.4) is 0 Å². The monoisotopic (exact) mass is 317 g/mol. The summed E-state index contributed by atoms with van der Waals surface area (Å²) in [6, 6.07) is 16.2. The van der Waals surface area contributed by atoms with E-state index in [1.54, 1.807) is 18.9 Å². The molecule has 22 heavy (non-hydrogen) atoms. The highest BCUT2D eigenvalue weighted by Crippen LogP contribution is 2.39. The van der Waals surface area contributed by atoms with Gasteiger partial charge in [0, 0.05) is 0 Å². The molecule has 0 aromatic heterocycles. The van der Waals surface area contributed by atoms with Gasteiger partial charge in [-0.3, -0.25) is 0 Å². The molecule has 0 atom stereocenters. The Hall–Kier alpha value is -1.65. The molecular formula is C18H23NO2S. The maximum atomic E-state index is 5.94. The van der Waals surface area contributed by atoms with Gasteiger partial charge in [0.15, 0.2) is 0 Å². The minimum Gasteiger partial charge on any atom is -0.496 e. The smallest absolute Gasteiger partial charge is 0.133 e. The molecule has 0 saturated carbocycles. The molecule has 2 rings (SSSR count). The van der Waals surface area contributed by atoms with Gasteiger partial charge in [-0.05, 0) is 50.7 Å². The number of unbranched alkanes of at least 4 members (excludes halogenated alkanes) is 1. The first kappa shape index (κ1) is 16.7. The number of hydrogen-bond donors (Lipinski definition) is 1. The lowest BCUT2D eigenvalue weighted by atomic mass is 10.3. The Morgan fingerprint density at radius 1 is 0.909 bits per heavy atom. The van der Waals surface area contributed by atoms with E-state index in [0.717, 1.165) is 47.3 Å². The molecule has 0 unspecified atom stereocenters. The standard InChI is InChI=1S/C18H23NO2S/c1-19-13-7-8-14-21-16-10-4-6-12-18(16)22-17-11-5-3-9-15(17)20-2/h3-6,9-12,19H,7-8,13-14H2,1-2H3. The van der Waals surface area contributed by atoms with E-state index in [4.69, 9.17) is 9.47 Å². The molecule has 0 aliphatic heterocycles. The molecule has 4 heteroatoms. The summed E-state index contributed by atoms with van der Waals surface area (Å²) in [6.07, 6.45) is 2.17. The Kier molecular flexibility index (Phi) is 7.13.